The highest BCUT2D eigenvalue weighted by molar-refractivity contribution is 5.27. The molecule has 3 heteroatoms. The number of nitrogens with two attached hydrogens (primary N) is 1. The molecule has 1 atom stereocenters. The van der Waals surface area contributed by atoms with Gasteiger partial charge >= 0.3 is 0 Å². The van der Waals surface area contributed by atoms with Gasteiger partial charge in [-0.1, -0.05) is 12.1 Å². The van der Waals surface area contributed by atoms with Crippen LogP contribution >= 0.6 is 0 Å². The monoisotopic (exact) mass is 236 g/mol. The molecular formula is C14H24N2O. The number of likely N-dealkylation sites (N-methyl/N-ethyl adjacent to an activating group) is 1. The molecular weight excluding hydrogens is 212 g/mol. The van der Waals surface area contributed by atoms with E-state index in [0.717, 1.165) is 18.8 Å². The molecule has 1 aromatic rings. The van der Waals surface area contributed by atoms with Crippen molar-refractivity contribution in [1.29, 1.82) is 0 Å². The van der Waals surface area contributed by atoms with E-state index in [2.05, 4.69) is 24.1 Å². The third-order valence-electron chi connectivity index (χ3n) is 2.35. The minimum Gasteiger partial charge on any atom is -0.491 e. The first kappa shape index (κ1) is 14.0. The van der Waals surface area contributed by atoms with Crippen LogP contribution in [-0.4, -0.2) is 30.6 Å². The zero-order chi connectivity index (χ0) is 12.8. The lowest BCUT2D eigenvalue weighted by Crippen LogP contribution is -2.32. The second kappa shape index (κ2) is 6.62. The van der Waals surface area contributed by atoms with Gasteiger partial charge < -0.3 is 15.4 Å². The van der Waals surface area contributed by atoms with Gasteiger partial charge in [-0.05, 0) is 45.5 Å². The Hall–Kier alpha value is -1.06. The average molecular weight is 236 g/mol. The highest BCUT2D eigenvalue weighted by Crippen LogP contribution is 2.14. The number of benzene rings is 1. The van der Waals surface area contributed by atoms with Crippen molar-refractivity contribution in [1.82, 2.24) is 4.90 Å². The molecule has 0 fully saturated rings. The second-order valence-electron chi connectivity index (χ2n) is 4.98. The second-order valence-corrected chi connectivity index (χ2v) is 4.98. The summed E-state index contributed by atoms with van der Waals surface area (Å²) in [4.78, 5) is 2.23. The van der Waals surface area contributed by atoms with Gasteiger partial charge in [0, 0.05) is 19.1 Å². The van der Waals surface area contributed by atoms with Crippen molar-refractivity contribution in [3.8, 4) is 5.75 Å². The Morgan fingerprint density at radius 2 is 1.76 bits per heavy atom. The fourth-order valence-corrected chi connectivity index (χ4v) is 1.81. The molecule has 1 aromatic carbocycles. The summed E-state index contributed by atoms with van der Waals surface area (Å²) < 4.78 is 5.61. The molecule has 0 amide bonds. The van der Waals surface area contributed by atoms with Gasteiger partial charge in [0.15, 0.2) is 0 Å². The maximum absolute atomic E-state index is 5.76. The van der Waals surface area contributed by atoms with Crippen molar-refractivity contribution in [2.45, 2.75) is 39.5 Å². The quantitative estimate of drug-likeness (QED) is 0.823. The topological polar surface area (TPSA) is 38.5 Å². The number of rotatable bonds is 6. The minimum absolute atomic E-state index is 0.212. The van der Waals surface area contributed by atoms with E-state index in [0.29, 0.717) is 0 Å². The van der Waals surface area contributed by atoms with Gasteiger partial charge in [0.2, 0.25) is 0 Å². The molecule has 96 valence electrons. The SMILES string of the molecule is CC(N)CN(C)Cc1ccc(OC(C)C)cc1. The van der Waals surface area contributed by atoms with Crippen LogP contribution in [0.15, 0.2) is 24.3 Å². The van der Waals surface area contributed by atoms with Crippen molar-refractivity contribution in [3.63, 3.8) is 0 Å². The van der Waals surface area contributed by atoms with E-state index in [1.807, 2.05) is 32.9 Å². The normalized spacial score (nSPS) is 13.1. The van der Waals surface area contributed by atoms with Crippen LogP contribution in [-0.2, 0) is 6.54 Å². The Kier molecular flexibility index (Phi) is 5.45. The first-order chi connectivity index (χ1) is 7.97. The molecule has 0 radical (unpaired) electrons. The summed E-state index contributed by atoms with van der Waals surface area (Å²) >= 11 is 0. The van der Waals surface area contributed by atoms with Gasteiger partial charge in [0.25, 0.3) is 0 Å². The van der Waals surface area contributed by atoms with E-state index in [1.54, 1.807) is 0 Å². The van der Waals surface area contributed by atoms with Gasteiger partial charge in [-0.3, -0.25) is 0 Å². The molecule has 0 saturated carbocycles. The third-order valence-corrected chi connectivity index (χ3v) is 2.35. The maximum Gasteiger partial charge on any atom is 0.119 e. The van der Waals surface area contributed by atoms with E-state index in [9.17, 15) is 0 Å². The van der Waals surface area contributed by atoms with Crippen LogP contribution in [0.3, 0.4) is 0 Å². The van der Waals surface area contributed by atoms with E-state index < -0.39 is 0 Å². The fourth-order valence-electron chi connectivity index (χ4n) is 1.81. The van der Waals surface area contributed by atoms with Gasteiger partial charge in [0.05, 0.1) is 6.10 Å². The molecule has 0 bridgehead atoms. The molecule has 0 aromatic heterocycles. The molecule has 0 aliphatic rings. The van der Waals surface area contributed by atoms with E-state index in [4.69, 9.17) is 10.5 Å². The smallest absolute Gasteiger partial charge is 0.119 e. The molecule has 0 aliphatic heterocycles. The standard InChI is InChI=1S/C14H24N2O/c1-11(2)17-14-7-5-13(6-8-14)10-16(4)9-12(3)15/h5-8,11-12H,9-10,15H2,1-4H3. The van der Waals surface area contributed by atoms with Gasteiger partial charge in [-0.25, -0.2) is 0 Å². The Bertz CT molecular complexity index is 319. The molecule has 2 N–H and O–H groups in total. The summed E-state index contributed by atoms with van der Waals surface area (Å²) in [5.74, 6) is 0.929. The summed E-state index contributed by atoms with van der Waals surface area (Å²) in [6, 6.07) is 8.47. The lowest BCUT2D eigenvalue weighted by Gasteiger charge is -2.19. The van der Waals surface area contributed by atoms with Crippen LogP contribution in [0.2, 0.25) is 0 Å². The summed E-state index contributed by atoms with van der Waals surface area (Å²) in [5, 5.41) is 0. The van der Waals surface area contributed by atoms with E-state index >= 15 is 0 Å². The number of hydrogen-bond donors (Lipinski definition) is 1. The number of hydrogen-bond acceptors (Lipinski definition) is 3. The summed E-state index contributed by atoms with van der Waals surface area (Å²) in [6.45, 7) is 7.92. The lowest BCUT2D eigenvalue weighted by molar-refractivity contribution is 0.242. The Balaban J connectivity index is 2.50. The van der Waals surface area contributed by atoms with Crippen molar-refractivity contribution in [2.24, 2.45) is 5.73 Å². The van der Waals surface area contributed by atoms with Crippen LogP contribution in [0.1, 0.15) is 26.3 Å². The summed E-state index contributed by atoms with van der Waals surface area (Å²) in [6.07, 6.45) is 0.224. The first-order valence-electron chi connectivity index (χ1n) is 6.17. The largest absolute Gasteiger partial charge is 0.491 e. The van der Waals surface area contributed by atoms with Gasteiger partial charge in [-0.2, -0.15) is 0 Å². The maximum atomic E-state index is 5.76. The third kappa shape index (κ3) is 5.71. The highest BCUT2D eigenvalue weighted by atomic mass is 16.5. The predicted octanol–water partition coefficient (Wildman–Crippen LogP) is 2.25. The molecule has 0 heterocycles. The minimum atomic E-state index is 0.212. The first-order valence-corrected chi connectivity index (χ1v) is 6.17. The van der Waals surface area contributed by atoms with Crippen LogP contribution in [0.4, 0.5) is 0 Å². The van der Waals surface area contributed by atoms with Crippen LogP contribution < -0.4 is 10.5 Å². The van der Waals surface area contributed by atoms with Crippen molar-refractivity contribution in [3.05, 3.63) is 29.8 Å². The Morgan fingerprint density at radius 1 is 1.18 bits per heavy atom. The zero-order valence-corrected chi connectivity index (χ0v) is 11.3. The number of ether oxygens (including phenoxy) is 1. The molecule has 0 aliphatic carbocycles. The fraction of sp³-hybridized carbons (Fsp3) is 0.571. The molecule has 1 unspecified atom stereocenters. The van der Waals surface area contributed by atoms with Crippen LogP contribution in [0, 0.1) is 0 Å². The Morgan fingerprint density at radius 3 is 2.24 bits per heavy atom. The van der Waals surface area contributed by atoms with Crippen molar-refractivity contribution < 1.29 is 4.74 Å². The number of nitrogens with zero attached hydrogens (tertiary/aromatic N) is 1. The molecule has 1 rings (SSSR count). The molecule has 0 spiro atoms. The highest BCUT2D eigenvalue weighted by Gasteiger charge is 2.03. The van der Waals surface area contributed by atoms with Crippen LogP contribution in [0.25, 0.3) is 0 Å². The summed E-state index contributed by atoms with van der Waals surface area (Å²) in [7, 11) is 2.09. The summed E-state index contributed by atoms with van der Waals surface area (Å²) in [5.41, 5.74) is 7.05. The predicted molar refractivity (Wildman–Crippen MR) is 72.2 cm³/mol. The van der Waals surface area contributed by atoms with Gasteiger partial charge in [0.1, 0.15) is 5.75 Å². The van der Waals surface area contributed by atoms with Crippen molar-refractivity contribution >= 4 is 0 Å². The Labute approximate surface area is 105 Å². The van der Waals surface area contributed by atoms with Gasteiger partial charge in [-0.15, -0.1) is 0 Å². The van der Waals surface area contributed by atoms with Crippen LogP contribution in [0.5, 0.6) is 5.75 Å². The molecule has 17 heavy (non-hydrogen) atoms. The molecule has 3 nitrogen and oxygen atoms in total. The lowest BCUT2D eigenvalue weighted by atomic mass is 10.2. The average Bonchev–Trinajstić information content (AvgIpc) is 2.18. The van der Waals surface area contributed by atoms with Crippen molar-refractivity contribution in [2.75, 3.05) is 13.6 Å². The van der Waals surface area contributed by atoms with E-state index in [-0.39, 0.29) is 12.1 Å². The van der Waals surface area contributed by atoms with E-state index in [1.165, 1.54) is 5.56 Å². The zero-order valence-electron chi connectivity index (χ0n) is 11.3. The molecule has 0 saturated heterocycles.